The zero-order valence-corrected chi connectivity index (χ0v) is 15.0. The number of nitrogens with one attached hydrogen (secondary N) is 1. The molecule has 1 fully saturated rings. The lowest BCUT2D eigenvalue weighted by Gasteiger charge is -2.35. The van der Waals surface area contributed by atoms with Crippen molar-refractivity contribution in [2.75, 3.05) is 19.4 Å². The molecular formula is C19H24N6. The molecule has 1 aliphatic carbocycles. The molecule has 1 aromatic carbocycles. The molecule has 0 atom stereocenters. The lowest BCUT2D eigenvalue weighted by atomic mass is 9.79. The first-order chi connectivity index (χ1) is 12.1. The first kappa shape index (κ1) is 16.0. The van der Waals surface area contributed by atoms with Crippen LogP contribution in [0.15, 0.2) is 36.5 Å². The number of hydrogen-bond acceptors (Lipinski definition) is 5. The second-order valence-corrected chi connectivity index (χ2v) is 7.16. The van der Waals surface area contributed by atoms with Gasteiger partial charge in [0.05, 0.1) is 6.54 Å². The Hall–Kier alpha value is -2.47. The molecule has 130 valence electrons. The first-order valence-electron chi connectivity index (χ1n) is 8.75. The highest BCUT2D eigenvalue weighted by molar-refractivity contribution is 5.91. The Kier molecular flexibility index (Phi) is 4.13. The third kappa shape index (κ3) is 3.09. The van der Waals surface area contributed by atoms with Gasteiger partial charge in [-0.25, -0.2) is 4.98 Å². The molecule has 6 heteroatoms. The molecule has 1 N–H and O–H groups in total. The van der Waals surface area contributed by atoms with Gasteiger partial charge in [0, 0.05) is 30.6 Å². The summed E-state index contributed by atoms with van der Waals surface area (Å²) in [6.07, 6.45) is 4.01. The fourth-order valence-electron chi connectivity index (χ4n) is 3.53. The Morgan fingerprint density at radius 1 is 1.16 bits per heavy atom. The van der Waals surface area contributed by atoms with E-state index >= 15 is 0 Å². The van der Waals surface area contributed by atoms with E-state index in [1.54, 1.807) is 0 Å². The monoisotopic (exact) mass is 336 g/mol. The fourth-order valence-corrected chi connectivity index (χ4v) is 3.53. The molecular weight excluding hydrogens is 312 g/mol. The van der Waals surface area contributed by atoms with Gasteiger partial charge in [0.2, 0.25) is 0 Å². The lowest BCUT2D eigenvalue weighted by molar-refractivity contribution is 0.347. The molecule has 0 amide bonds. The Bertz CT molecular complexity index is 873. The molecule has 0 bridgehead atoms. The summed E-state index contributed by atoms with van der Waals surface area (Å²) in [6.45, 7) is 0.817. The minimum Gasteiger partial charge on any atom is -0.367 e. The van der Waals surface area contributed by atoms with Crippen molar-refractivity contribution in [1.82, 2.24) is 24.6 Å². The highest BCUT2D eigenvalue weighted by Crippen LogP contribution is 2.38. The maximum atomic E-state index is 4.53. The van der Waals surface area contributed by atoms with Crippen LogP contribution in [0.4, 0.5) is 5.82 Å². The number of pyridine rings is 1. The normalized spacial score (nSPS) is 20.0. The number of fused-ring (bicyclic) bond motifs is 1. The zero-order valence-electron chi connectivity index (χ0n) is 15.0. The standard InChI is InChI=1S/C19H24N6/c1-24(2)12-17-22-23-19(25(17)3)14-10-15(11-14)21-18-16-7-5-4-6-13(16)8-9-20-18/h4-9,14-15H,10-12H2,1-3H3,(H,20,21). The van der Waals surface area contributed by atoms with Gasteiger partial charge in [-0.2, -0.15) is 0 Å². The van der Waals surface area contributed by atoms with E-state index in [9.17, 15) is 0 Å². The average molecular weight is 336 g/mol. The highest BCUT2D eigenvalue weighted by atomic mass is 15.3. The van der Waals surface area contributed by atoms with E-state index in [0.717, 1.165) is 36.9 Å². The number of anilines is 1. The molecule has 2 aromatic heterocycles. The molecule has 0 saturated heterocycles. The molecule has 4 rings (SSSR count). The van der Waals surface area contributed by atoms with Crippen LogP contribution in [-0.2, 0) is 13.6 Å². The van der Waals surface area contributed by atoms with Crippen molar-refractivity contribution < 1.29 is 0 Å². The predicted molar refractivity (Wildman–Crippen MR) is 99.5 cm³/mol. The third-order valence-corrected chi connectivity index (χ3v) is 4.97. The van der Waals surface area contributed by atoms with Gasteiger partial charge in [-0.15, -0.1) is 10.2 Å². The Balaban J connectivity index is 1.43. The van der Waals surface area contributed by atoms with Gasteiger partial charge >= 0.3 is 0 Å². The van der Waals surface area contributed by atoms with Crippen LogP contribution in [0, 0.1) is 0 Å². The summed E-state index contributed by atoms with van der Waals surface area (Å²) in [5.41, 5.74) is 0. The van der Waals surface area contributed by atoms with Crippen molar-refractivity contribution in [1.29, 1.82) is 0 Å². The summed E-state index contributed by atoms with van der Waals surface area (Å²) < 4.78 is 2.15. The molecule has 3 aromatic rings. The second-order valence-electron chi connectivity index (χ2n) is 7.16. The van der Waals surface area contributed by atoms with Crippen molar-refractivity contribution in [2.24, 2.45) is 7.05 Å². The van der Waals surface area contributed by atoms with E-state index in [-0.39, 0.29) is 0 Å². The summed E-state index contributed by atoms with van der Waals surface area (Å²) in [4.78, 5) is 6.65. The number of benzene rings is 1. The van der Waals surface area contributed by atoms with Crippen LogP contribution < -0.4 is 5.32 Å². The zero-order chi connectivity index (χ0) is 17.4. The van der Waals surface area contributed by atoms with Crippen LogP contribution in [0.25, 0.3) is 10.8 Å². The Morgan fingerprint density at radius 2 is 1.96 bits per heavy atom. The number of nitrogens with zero attached hydrogens (tertiary/aromatic N) is 5. The average Bonchev–Trinajstić information content (AvgIpc) is 2.91. The minimum atomic E-state index is 0.442. The molecule has 1 aliphatic rings. The predicted octanol–water partition coefficient (Wildman–Crippen LogP) is 2.78. The number of aromatic nitrogens is 4. The van der Waals surface area contributed by atoms with Crippen LogP contribution in [0.2, 0.25) is 0 Å². The van der Waals surface area contributed by atoms with Crippen LogP contribution in [-0.4, -0.2) is 44.8 Å². The maximum Gasteiger partial charge on any atom is 0.146 e. The van der Waals surface area contributed by atoms with Gasteiger partial charge in [0.1, 0.15) is 17.5 Å². The highest BCUT2D eigenvalue weighted by Gasteiger charge is 2.34. The summed E-state index contributed by atoms with van der Waals surface area (Å²) in [5, 5.41) is 14.8. The van der Waals surface area contributed by atoms with E-state index < -0.39 is 0 Å². The fraction of sp³-hybridized carbons (Fsp3) is 0.421. The van der Waals surface area contributed by atoms with Crippen molar-refractivity contribution >= 4 is 16.6 Å². The molecule has 25 heavy (non-hydrogen) atoms. The van der Waals surface area contributed by atoms with Gasteiger partial charge < -0.3 is 14.8 Å². The van der Waals surface area contributed by atoms with E-state index in [4.69, 9.17) is 0 Å². The van der Waals surface area contributed by atoms with Crippen molar-refractivity contribution in [3.63, 3.8) is 0 Å². The quantitative estimate of drug-likeness (QED) is 0.776. The van der Waals surface area contributed by atoms with Crippen LogP contribution in [0.1, 0.15) is 30.4 Å². The smallest absolute Gasteiger partial charge is 0.146 e. The molecule has 0 unspecified atom stereocenters. The van der Waals surface area contributed by atoms with Crippen LogP contribution >= 0.6 is 0 Å². The molecule has 2 heterocycles. The topological polar surface area (TPSA) is 58.9 Å². The van der Waals surface area contributed by atoms with E-state index in [0.29, 0.717) is 12.0 Å². The summed E-state index contributed by atoms with van der Waals surface area (Å²) >= 11 is 0. The van der Waals surface area contributed by atoms with E-state index in [1.165, 1.54) is 10.8 Å². The Morgan fingerprint density at radius 3 is 2.76 bits per heavy atom. The summed E-state index contributed by atoms with van der Waals surface area (Å²) in [6, 6.07) is 10.9. The molecule has 0 radical (unpaired) electrons. The second kappa shape index (κ2) is 6.44. The molecule has 0 aliphatic heterocycles. The largest absolute Gasteiger partial charge is 0.367 e. The lowest BCUT2D eigenvalue weighted by Crippen LogP contribution is -2.35. The van der Waals surface area contributed by atoms with Gasteiger partial charge in [-0.1, -0.05) is 24.3 Å². The Labute approximate surface area is 147 Å². The van der Waals surface area contributed by atoms with Crippen molar-refractivity contribution in [2.45, 2.75) is 31.3 Å². The number of hydrogen-bond donors (Lipinski definition) is 1. The van der Waals surface area contributed by atoms with Gasteiger partial charge in [0.15, 0.2) is 0 Å². The third-order valence-electron chi connectivity index (χ3n) is 4.97. The van der Waals surface area contributed by atoms with Gasteiger partial charge in [-0.3, -0.25) is 0 Å². The summed E-state index contributed by atoms with van der Waals surface area (Å²) in [7, 11) is 6.17. The van der Waals surface area contributed by atoms with Gasteiger partial charge in [0.25, 0.3) is 0 Å². The first-order valence-corrected chi connectivity index (χ1v) is 8.75. The van der Waals surface area contributed by atoms with Crippen molar-refractivity contribution in [3.8, 4) is 0 Å². The SMILES string of the molecule is CN(C)Cc1nnc(C2CC(Nc3nccc4ccccc34)C2)n1C. The van der Waals surface area contributed by atoms with Crippen LogP contribution in [0.3, 0.4) is 0 Å². The molecule has 1 saturated carbocycles. The van der Waals surface area contributed by atoms with Crippen molar-refractivity contribution in [3.05, 3.63) is 48.2 Å². The minimum absolute atomic E-state index is 0.442. The van der Waals surface area contributed by atoms with Crippen LogP contribution in [0.5, 0.6) is 0 Å². The van der Waals surface area contributed by atoms with E-state index in [2.05, 4.69) is 81.4 Å². The van der Waals surface area contributed by atoms with Gasteiger partial charge in [-0.05, 0) is 38.4 Å². The summed E-state index contributed by atoms with van der Waals surface area (Å²) in [5.74, 6) is 3.57. The molecule has 0 spiro atoms. The number of rotatable bonds is 5. The van der Waals surface area contributed by atoms with E-state index in [1.807, 2.05) is 6.20 Å². The maximum absolute atomic E-state index is 4.53. The molecule has 6 nitrogen and oxygen atoms in total.